The molecule has 3 rings (SSSR count). The van der Waals surface area contributed by atoms with Gasteiger partial charge in [0.2, 0.25) is 5.91 Å². The molecule has 2 N–H and O–H groups in total. The zero-order valence-corrected chi connectivity index (χ0v) is 15.7. The van der Waals surface area contributed by atoms with Crippen LogP contribution >= 0.6 is 0 Å². The highest BCUT2D eigenvalue weighted by Crippen LogP contribution is 2.31. The molecule has 1 atom stereocenters. The molecule has 2 aliphatic rings. The molecule has 7 heteroatoms. The van der Waals surface area contributed by atoms with E-state index in [0.29, 0.717) is 23.1 Å². The van der Waals surface area contributed by atoms with Crippen molar-refractivity contribution in [2.45, 2.75) is 25.8 Å². The number of nitrogens with one attached hydrogen (secondary N) is 2. The molecular formula is C19H28N3O4+. The number of carbonyl (C=O) groups is 2. The van der Waals surface area contributed by atoms with Crippen LogP contribution in [0.5, 0.6) is 11.5 Å². The van der Waals surface area contributed by atoms with E-state index in [0.717, 1.165) is 39.0 Å². The summed E-state index contributed by atoms with van der Waals surface area (Å²) in [4.78, 5) is 28.0. The van der Waals surface area contributed by atoms with Crippen molar-refractivity contribution in [3.63, 3.8) is 0 Å². The Morgan fingerprint density at radius 1 is 1.12 bits per heavy atom. The molecule has 1 saturated heterocycles. The van der Waals surface area contributed by atoms with Crippen LogP contribution in [-0.4, -0.2) is 63.2 Å². The van der Waals surface area contributed by atoms with Crippen molar-refractivity contribution >= 4 is 17.5 Å². The van der Waals surface area contributed by atoms with E-state index in [1.54, 1.807) is 32.4 Å². The van der Waals surface area contributed by atoms with E-state index in [4.69, 9.17) is 9.47 Å². The lowest BCUT2D eigenvalue weighted by molar-refractivity contribution is -0.917. The highest BCUT2D eigenvalue weighted by Gasteiger charge is 2.37. The van der Waals surface area contributed by atoms with Gasteiger partial charge in [0.1, 0.15) is 11.5 Å². The minimum atomic E-state index is -0.189. The Kier molecular flexibility index (Phi) is 5.66. The summed E-state index contributed by atoms with van der Waals surface area (Å²) >= 11 is 0. The van der Waals surface area contributed by atoms with E-state index in [2.05, 4.69) is 5.32 Å². The standard InChI is InChI=1S/C19H27N3O4/c1-13(21-6-8-22(9-7-21)19(24)14-4-5-14)18(23)20-15-10-16(25-2)12-17(11-15)26-3/h10-14H,4-9H2,1-3H3,(H,20,23)/p+1/t13-/m1/s1. The average Bonchev–Trinajstić information content (AvgIpc) is 3.51. The zero-order valence-electron chi connectivity index (χ0n) is 15.7. The van der Waals surface area contributed by atoms with Crippen molar-refractivity contribution in [2.75, 3.05) is 45.7 Å². The maximum absolute atomic E-state index is 12.7. The summed E-state index contributed by atoms with van der Waals surface area (Å²) in [5, 5.41) is 2.95. The quantitative estimate of drug-likeness (QED) is 0.757. The number of piperazine rings is 1. The minimum Gasteiger partial charge on any atom is -0.497 e. The van der Waals surface area contributed by atoms with Crippen molar-refractivity contribution in [3.05, 3.63) is 18.2 Å². The van der Waals surface area contributed by atoms with Gasteiger partial charge in [-0.05, 0) is 19.8 Å². The van der Waals surface area contributed by atoms with Gasteiger partial charge in [-0.15, -0.1) is 0 Å². The Hall–Kier alpha value is -2.28. The molecule has 7 nitrogen and oxygen atoms in total. The van der Waals surface area contributed by atoms with Crippen LogP contribution in [0.15, 0.2) is 18.2 Å². The van der Waals surface area contributed by atoms with Gasteiger partial charge in [-0.3, -0.25) is 9.59 Å². The summed E-state index contributed by atoms with van der Waals surface area (Å²) in [6.45, 7) is 4.99. The number of amides is 2. The molecule has 1 saturated carbocycles. The molecule has 1 heterocycles. The van der Waals surface area contributed by atoms with Crippen molar-refractivity contribution < 1.29 is 24.0 Å². The van der Waals surface area contributed by atoms with Gasteiger partial charge in [-0.25, -0.2) is 0 Å². The molecule has 26 heavy (non-hydrogen) atoms. The van der Waals surface area contributed by atoms with Gasteiger partial charge in [-0.2, -0.15) is 0 Å². The fourth-order valence-electron chi connectivity index (χ4n) is 3.35. The maximum atomic E-state index is 12.7. The highest BCUT2D eigenvalue weighted by atomic mass is 16.5. The van der Waals surface area contributed by atoms with Gasteiger partial charge in [0.05, 0.1) is 40.4 Å². The molecule has 142 valence electrons. The lowest BCUT2D eigenvalue weighted by Crippen LogP contribution is -3.19. The Morgan fingerprint density at radius 3 is 2.19 bits per heavy atom. The summed E-state index contributed by atoms with van der Waals surface area (Å²) in [6, 6.07) is 5.12. The van der Waals surface area contributed by atoms with Crippen molar-refractivity contribution in [2.24, 2.45) is 5.92 Å². The van der Waals surface area contributed by atoms with E-state index in [1.807, 2.05) is 11.8 Å². The number of nitrogens with zero attached hydrogens (tertiary/aromatic N) is 1. The first-order valence-corrected chi connectivity index (χ1v) is 9.19. The fraction of sp³-hybridized carbons (Fsp3) is 0.579. The third kappa shape index (κ3) is 4.27. The summed E-state index contributed by atoms with van der Waals surface area (Å²) in [5.41, 5.74) is 0.653. The van der Waals surface area contributed by atoms with E-state index >= 15 is 0 Å². The normalized spacial score (nSPS) is 19.0. The number of methoxy groups -OCH3 is 2. The zero-order chi connectivity index (χ0) is 18.7. The first kappa shape index (κ1) is 18.5. The van der Waals surface area contributed by atoms with Gasteiger partial charge in [0.15, 0.2) is 6.04 Å². The molecule has 0 spiro atoms. The van der Waals surface area contributed by atoms with E-state index < -0.39 is 0 Å². The summed E-state index contributed by atoms with van der Waals surface area (Å²) in [5.74, 6) is 1.78. The molecule has 1 aromatic rings. The maximum Gasteiger partial charge on any atom is 0.282 e. The number of carbonyl (C=O) groups excluding carboxylic acids is 2. The molecule has 2 fully saturated rings. The van der Waals surface area contributed by atoms with Gasteiger partial charge >= 0.3 is 0 Å². The third-order valence-corrected chi connectivity index (χ3v) is 5.27. The number of ether oxygens (including phenoxy) is 2. The van der Waals surface area contributed by atoms with Crippen LogP contribution in [0.4, 0.5) is 5.69 Å². The molecule has 1 aliphatic heterocycles. The van der Waals surface area contributed by atoms with Crippen LogP contribution in [-0.2, 0) is 9.59 Å². The van der Waals surface area contributed by atoms with Gasteiger partial charge in [-0.1, -0.05) is 0 Å². The number of anilines is 1. The Balaban J connectivity index is 1.55. The first-order valence-electron chi connectivity index (χ1n) is 9.19. The van der Waals surface area contributed by atoms with Crippen LogP contribution < -0.4 is 19.7 Å². The van der Waals surface area contributed by atoms with Crippen LogP contribution in [0, 0.1) is 5.92 Å². The second-order valence-corrected chi connectivity index (χ2v) is 7.07. The Morgan fingerprint density at radius 2 is 1.69 bits per heavy atom. The third-order valence-electron chi connectivity index (χ3n) is 5.27. The second-order valence-electron chi connectivity index (χ2n) is 7.07. The largest absolute Gasteiger partial charge is 0.497 e. The number of rotatable bonds is 6. The fourth-order valence-corrected chi connectivity index (χ4v) is 3.35. The average molecular weight is 362 g/mol. The predicted octanol–water partition coefficient (Wildman–Crippen LogP) is 0.168. The lowest BCUT2D eigenvalue weighted by Gasteiger charge is -2.35. The Bertz CT molecular complexity index is 644. The second kappa shape index (κ2) is 7.95. The molecule has 0 bridgehead atoms. The van der Waals surface area contributed by atoms with Crippen molar-refractivity contribution in [1.29, 1.82) is 0 Å². The molecule has 1 aliphatic carbocycles. The minimum absolute atomic E-state index is 0.0442. The molecular weight excluding hydrogens is 334 g/mol. The predicted molar refractivity (Wildman–Crippen MR) is 97.6 cm³/mol. The molecule has 0 radical (unpaired) electrons. The van der Waals surface area contributed by atoms with Gasteiger partial charge in [0, 0.05) is 29.8 Å². The van der Waals surface area contributed by atoms with Crippen molar-refractivity contribution in [1.82, 2.24) is 4.90 Å². The lowest BCUT2D eigenvalue weighted by atomic mass is 10.2. The summed E-state index contributed by atoms with van der Waals surface area (Å²) in [6.07, 6.45) is 2.07. The van der Waals surface area contributed by atoms with Crippen LogP contribution in [0.25, 0.3) is 0 Å². The number of hydrogen-bond donors (Lipinski definition) is 2. The van der Waals surface area contributed by atoms with E-state index in [9.17, 15) is 9.59 Å². The van der Waals surface area contributed by atoms with E-state index in [-0.39, 0.29) is 17.9 Å². The van der Waals surface area contributed by atoms with Crippen LogP contribution in [0.1, 0.15) is 19.8 Å². The number of benzene rings is 1. The highest BCUT2D eigenvalue weighted by molar-refractivity contribution is 5.94. The van der Waals surface area contributed by atoms with Crippen molar-refractivity contribution in [3.8, 4) is 11.5 Å². The monoisotopic (exact) mass is 362 g/mol. The van der Waals surface area contributed by atoms with Gasteiger partial charge < -0.3 is 24.6 Å². The molecule has 2 amide bonds. The molecule has 1 aromatic carbocycles. The molecule has 0 unspecified atom stereocenters. The first-order chi connectivity index (χ1) is 12.5. The molecule has 0 aromatic heterocycles. The van der Waals surface area contributed by atoms with Gasteiger partial charge in [0.25, 0.3) is 5.91 Å². The smallest absolute Gasteiger partial charge is 0.282 e. The number of quaternary nitrogens is 1. The Labute approximate surface area is 154 Å². The summed E-state index contributed by atoms with van der Waals surface area (Å²) < 4.78 is 10.5. The topological polar surface area (TPSA) is 72.3 Å². The SMILES string of the molecule is COc1cc(NC(=O)[C@@H](C)[NH+]2CCN(C(=O)C3CC3)CC2)cc(OC)c1. The summed E-state index contributed by atoms with van der Waals surface area (Å²) in [7, 11) is 3.16. The van der Waals surface area contributed by atoms with E-state index in [1.165, 1.54) is 4.90 Å². The van der Waals surface area contributed by atoms with Crippen LogP contribution in [0.3, 0.4) is 0 Å². The van der Waals surface area contributed by atoms with Crippen LogP contribution in [0.2, 0.25) is 0 Å². The number of hydrogen-bond acceptors (Lipinski definition) is 4.